The highest BCUT2D eigenvalue weighted by Gasteiger charge is 2.58. The van der Waals surface area contributed by atoms with Crippen LogP contribution in [0.2, 0.25) is 0 Å². The molecule has 1 aliphatic heterocycles. The maximum absolute atomic E-state index is 10.4. The number of hydrogen-bond donors (Lipinski definition) is 3. The Morgan fingerprint density at radius 3 is 2.47 bits per heavy atom. The Labute approximate surface area is 231 Å². The summed E-state index contributed by atoms with van der Waals surface area (Å²) in [6, 6.07) is 0. The zero-order chi connectivity index (χ0) is 27.4. The molecule has 1 saturated heterocycles. The first-order valence-electron chi connectivity index (χ1n) is 15.6. The molecule has 216 valence electrons. The molecular formula is C33H54O5. The van der Waals surface area contributed by atoms with Crippen LogP contribution in [0.25, 0.3) is 0 Å². The molecule has 12 unspecified atom stereocenters. The van der Waals surface area contributed by atoms with Gasteiger partial charge in [0.15, 0.2) is 6.29 Å². The topological polar surface area (TPSA) is 79.2 Å². The largest absolute Gasteiger partial charge is 0.388 e. The normalized spacial score (nSPS) is 47.6. The molecule has 38 heavy (non-hydrogen) atoms. The third-order valence-corrected chi connectivity index (χ3v) is 12.3. The van der Waals surface area contributed by atoms with E-state index in [0.29, 0.717) is 28.6 Å². The zero-order valence-corrected chi connectivity index (χ0v) is 24.6. The van der Waals surface area contributed by atoms with Crippen LogP contribution in [0.5, 0.6) is 0 Å². The van der Waals surface area contributed by atoms with Crippen molar-refractivity contribution in [1.82, 2.24) is 0 Å². The summed E-state index contributed by atoms with van der Waals surface area (Å²) in [5.74, 6) is 4.17. The highest BCUT2D eigenvalue weighted by atomic mass is 16.7. The molecule has 0 amide bonds. The van der Waals surface area contributed by atoms with Crippen molar-refractivity contribution in [2.24, 2.45) is 46.3 Å². The number of fused-ring (bicyclic) bond motifs is 5. The summed E-state index contributed by atoms with van der Waals surface area (Å²) < 4.78 is 11.8. The molecular weight excluding hydrogens is 476 g/mol. The standard InChI is InChI=1S/C33H54O5/c1-19(2)20(3)7-8-21(4)25-11-12-26-24-10-9-22-17-23(38-31-30(36)29(35)28(34)18-37-31)13-15-32(22,5)27(24)14-16-33(25,26)6/h10,19,21-23,25-31,34-36H,3,7-9,11-18H2,1-2,4-6H3. The lowest BCUT2D eigenvalue weighted by Gasteiger charge is -2.58. The van der Waals surface area contributed by atoms with Gasteiger partial charge in [0.25, 0.3) is 0 Å². The molecule has 4 fully saturated rings. The van der Waals surface area contributed by atoms with E-state index in [1.54, 1.807) is 5.57 Å². The minimum absolute atomic E-state index is 0.00280. The minimum atomic E-state index is -1.22. The van der Waals surface area contributed by atoms with Crippen LogP contribution in [0.15, 0.2) is 23.8 Å². The molecule has 0 aromatic heterocycles. The summed E-state index contributed by atoms with van der Waals surface area (Å²) >= 11 is 0. The second-order valence-corrected chi connectivity index (χ2v) is 14.6. The van der Waals surface area contributed by atoms with Crippen molar-refractivity contribution in [2.45, 2.75) is 130 Å². The maximum Gasteiger partial charge on any atom is 0.186 e. The summed E-state index contributed by atoms with van der Waals surface area (Å²) in [6.45, 7) is 16.6. The van der Waals surface area contributed by atoms with E-state index in [1.807, 2.05) is 0 Å². The van der Waals surface area contributed by atoms with Crippen molar-refractivity contribution < 1.29 is 24.8 Å². The van der Waals surface area contributed by atoms with E-state index >= 15 is 0 Å². The minimum Gasteiger partial charge on any atom is -0.388 e. The lowest BCUT2D eigenvalue weighted by molar-refractivity contribution is -0.288. The molecule has 5 rings (SSSR count). The van der Waals surface area contributed by atoms with Gasteiger partial charge < -0.3 is 24.8 Å². The first-order chi connectivity index (χ1) is 18.0. The lowest BCUT2D eigenvalue weighted by atomic mass is 9.47. The van der Waals surface area contributed by atoms with Gasteiger partial charge in [-0.15, -0.1) is 0 Å². The molecule has 4 aliphatic carbocycles. The molecule has 3 saturated carbocycles. The summed E-state index contributed by atoms with van der Waals surface area (Å²) in [6.07, 6.45) is 10.4. The number of aliphatic hydroxyl groups is 3. The number of allylic oxidation sites excluding steroid dienone is 3. The maximum atomic E-state index is 10.4. The van der Waals surface area contributed by atoms with E-state index < -0.39 is 24.6 Å². The Morgan fingerprint density at radius 2 is 1.74 bits per heavy atom. The van der Waals surface area contributed by atoms with Crippen LogP contribution >= 0.6 is 0 Å². The zero-order valence-electron chi connectivity index (χ0n) is 24.6. The van der Waals surface area contributed by atoms with Gasteiger partial charge in [0.2, 0.25) is 0 Å². The smallest absolute Gasteiger partial charge is 0.186 e. The van der Waals surface area contributed by atoms with Gasteiger partial charge in [0.1, 0.15) is 18.3 Å². The van der Waals surface area contributed by atoms with E-state index in [9.17, 15) is 15.3 Å². The van der Waals surface area contributed by atoms with Gasteiger partial charge in [-0.3, -0.25) is 0 Å². The molecule has 0 aromatic rings. The SMILES string of the molecule is C=C(CCC(C)C1CCC2C3=CCC4CC(OC5OCC(O)C(O)C5O)CCC4(C)C3CCC21C)C(C)C. The molecule has 1 heterocycles. The predicted molar refractivity (Wildman–Crippen MR) is 150 cm³/mol. The highest BCUT2D eigenvalue weighted by molar-refractivity contribution is 5.27. The van der Waals surface area contributed by atoms with Crippen molar-refractivity contribution in [3.05, 3.63) is 23.8 Å². The molecule has 3 N–H and O–H groups in total. The quantitative estimate of drug-likeness (QED) is 0.351. The van der Waals surface area contributed by atoms with E-state index in [4.69, 9.17) is 9.47 Å². The van der Waals surface area contributed by atoms with E-state index in [2.05, 4.69) is 47.3 Å². The van der Waals surface area contributed by atoms with Crippen molar-refractivity contribution in [2.75, 3.05) is 6.61 Å². The van der Waals surface area contributed by atoms with Crippen LogP contribution < -0.4 is 0 Å². The first kappa shape index (κ1) is 28.8. The molecule has 5 heteroatoms. The third kappa shape index (κ3) is 4.98. The molecule has 12 atom stereocenters. The Balaban J connectivity index is 1.24. The average Bonchev–Trinajstić information content (AvgIpc) is 3.24. The Bertz CT molecular complexity index is 898. The second-order valence-electron chi connectivity index (χ2n) is 14.6. The second kappa shape index (κ2) is 10.9. The van der Waals surface area contributed by atoms with Gasteiger partial charge in [-0.05, 0) is 111 Å². The van der Waals surface area contributed by atoms with Gasteiger partial charge in [0.05, 0.1) is 12.7 Å². The van der Waals surface area contributed by atoms with E-state index in [0.717, 1.165) is 43.4 Å². The summed E-state index contributed by atoms with van der Waals surface area (Å²) in [4.78, 5) is 0. The van der Waals surface area contributed by atoms with Crippen LogP contribution in [0.3, 0.4) is 0 Å². The molecule has 5 nitrogen and oxygen atoms in total. The van der Waals surface area contributed by atoms with Crippen molar-refractivity contribution in [3.63, 3.8) is 0 Å². The van der Waals surface area contributed by atoms with Crippen LogP contribution in [0.4, 0.5) is 0 Å². The molecule has 0 spiro atoms. The van der Waals surface area contributed by atoms with Gasteiger partial charge in [-0.2, -0.15) is 0 Å². The first-order valence-corrected chi connectivity index (χ1v) is 15.6. The summed E-state index contributed by atoms with van der Waals surface area (Å²) in [5, 5.41) is 30.2. The highest BCUT2D eigenvalue weighted by Crippen LogP contribution is 2.67. The lowest BCUT2D eigenvalue weighted by Crippen LogP contribution is -2.55. The molecule has 0 bridgehead atoms. The van der Waals surface area contributed by atoms with Gasteiger partial charge in [0, 0.05) is 0 Å². The number of hydrogen-bond acceptors (Lipinski definition) is 5. The van der Waals surface area contributed by atoms with Crippen LogP contribution in [-0.2, 0) is 9.47 Å². The van der Waals surface area contributed by atoms with Gasteiger partial charge in [-0.25, -0.2) is 0 Å². The fraction of sp³-hybridized carbons (Fsp3) is 0.879. The Hall–Kier alpha value is -0.720. The van der Waals surface area contributed by atoms with Crippen molar-refractivity contribution in [3.8, 4) is 0 Å². The summed E-state index contributed by atoms with van der Waals surface area (Å²) in [5.41, 5.74) is 3.95. The fourth-order valence-electron chi connectivity index (χ4n) is 9.56. The average molecular weight is 531 g/mol. The van der Waals surface area contributed by atoms with Crippen molar-refractivity contribution >= 4 is 0 Å². The third-order valence-electron chi connectivity index (χ3n) is 12.3. The van der Waals surface area contributed by atoms with E-state index in [1.165, 1.54) is 44.1 Å². The van der Waals surface area contributed by atoms with Crippen molar-refractivity contribution in [1.29, 1.82) is 0 Å². The Morgan fingerprint density at radius 1 is 1.03 bits per heavy atom. The molecule has 5 aliphatic rings. The van der Waals surface area contributed by atoms with Gasteiger partial charge >= 0.3 is 0 Å². The molecule has 0 radical (unpaired) electrons. The summed E-state index contributed by atoms with van der Waals surface area (Å²) in [7, 11) is 0. The fourth-order valence-corrected chi connectivity index (χ4v) is 9.56. The number of ether oxygens (including phenoxy) is 2. The predicted octanol–water partition coefficient (Wildman–Crippen LogP) is 6.02. The number of rotatable bonds is 7. The van der Waals surface area contributed by atoms with Crippen LogP contribution in [-0.4, -0.2) is 52.6 Å². The van der Waals surface area contributed by atoms with Crippen LogP contribution in [0.1, 0.15) is 98.8 Å². The molecule has 0 aromatic carbocycles. The monoisotopic (exact) mass is 530 g/mol. The van der Waals surface area contributed by atoms with Gasteiger partial charge in [-0.1, -0.05) is 58.4 Å². The Kier molecular flexibility index (Phi) is 8.28. The van der Waals surface area contributed by atoms with E-state index in [-0.39, 0.29) is 12.7 Å². The number of aliphatic hydroxyl groups excluding tert-OH is 3. The van der Waals surface area contributed by atoms with Crippen LogP contribution in [0, 0.1) is 46.3 Å².